The van der Waals surface area contributed by atoms with Gasteiger partial charge in [0.1, 0.15) is 17.2 Å². The average molecular weight is 799 g/mol. The third-order valence-electron chi connectivity index (χ3n) is 11.1. The summed E-state index contributed by atoms with van der Waals surface area (Å²) in [6.45, 7) is 4.34. The van der Waals surface area contributed by atoms with Gasteiger partial charge in [-0.1, -0.05) is 48.0 Å². The second kappa shape index (κ2) is 17.0. The molecule has 2 aliphatic heterocycles. The second-order valence-corrected chi connectivity index (χ2v) is 14.8. The number of aromatic hydroxyl groups is 1. The van der Waals surface area contributed by atoms with E-state index in [0.29, 0.717) is 66.7 Å². The van der Waals surface area contributed by atoms with Crippen LogP contribution in [0.25, 0.3) is 11.3 Å². The molecule has 0 saturated carbocycles. The van der Waals surface area contributed by atoms with Crippen LogP contribution in [0.1, 0.15) is 48.7 Å². The Balaban J connectivity index is 1.31. The molecule has 1 aromatic heterocycles. The minimum absolute atomic E-state index is 0.0552. The summed E-state index contributed by atoms with van der Waals surface area (Å²) in [5, 5.41) is 9.98. The fourth-order valence-electron chi connectivity index (χ4n) is 7.81. The average Bonchev–Trinajstić information content (AvgIpc) is 3.50. The molecular formula is C44H45ClF2N4O6. The van der Waals surface area contributed by atoms with Crippen LogP contribution < -0.4 is 14.4 Å². The van der Waals surface area contributed by atoms with Crippen LogP contribution in [0, 0.1) is 13.8 Å². The number of fused-ring (bicyclic) bond motifs is 1. The molecule has 0 bridgehead atoms. The highest BCUT2D eigenvalue weighted by atomic mass is 35.5. The van der Waals surface area contributed by atoms with E-state index in [1.54, 1.807) is 48.7 Å². The Bertz CT molecular complexity index is 2270. The molecule has 13 heteroatoms. The minimum atomic E-state index is -3.17. The number of phenolic OH excluding ortho intramolecular Hbond substituents is 1. The van der Waals surface area contributed by atoms with E-state index in [2.05, 4.69) is 11.0 Å². The van der Waals surface area contributed by atoms with E-state index in [1.807, 2.05) is 48.2 Å². The maximum Gasteiger partial charge on any atom is 0.387 e. The van der Waals surface area contributed by atoms with Crippen molar-refractivity contribution in [3.63, 3.8) is 0 Å². The largest absolute Gasteiger partial charge is 0.508 e. The Kier molecular flexibility index (Phi) is 11.8. The number of rotatable bonds is 11. The number of phenols is 1. The number of halogens is 3. The normalized spacial score (nSPS) is 15.7. The van der Waals surface area contributed by atoms with Gasteiger partial charge in [0.25, 0.3) is 11.8 Å². The fraction of sp³-hybridized carbons (Fsp3) is 0.318. The van der Waals surface area contributed by atoms with Crippen molar-refractivity contribution < 1.29 is 37.7 Å². The third-order valence-corrected chi connectivity index (χ3v) is 11.4. The number of morpholine rings is 1. The number of carbonyl (C=O) groups excluding carboxylic acids is 2. The molecule has 1 unspecified atom stereocenters. The molecule has 1 saturated heterocycles. The number of hydrogen-bond acceptors (Lipinski definition) is 7. The molecule has 1 fully saturated rings. The number of aromatic nitrogens is 1. The number of anilines is 1. The summed E-state index contributed by atoms with van der Waals surface area (Å²) in [4.78, 5) is 35.5. The standard InChI is InChI=1S/C44H45ClF2N4O6/c1-27-30(10-7-11-40(27)55-4)24-50(32-12-14-34(52)15-13-32)42(53)35-22-39(48(3)28(35)2)36-21-38(45)41(57-44(46)47)23-37(36)43(54)51-25-31-9-6-5-8-29(31)20-33(51)26-49-16-18-56-19-17-49/h5-15,21-23,33,44,52H,16-20,24-26H2,1-4H3. The molecule has 0 radical (unpaired) electrons. The monoisotopic (exact) mass is 798 g/mol. The Labute approximate surface area is 335 Å². The van der Waals surface area contributed by atoms with Gasteiger partial charge in [-0.25, -0.2) is 0 Å². The lowest BCUT2D eigenvalue weighted by Gasteiger charge is -2.40. The first-order valence-electron chi connectivity index (χ1n) is 18.8. The maximum absolute atomic E-state index is 15.0. The molecule has 3 heterocycles. The SMILES string of the molecule is COc1cccc(CN(C(=O)c2cc(-c3cc(Cl)c(OC(F)F)cc3C(=O)N3Cc4ccccc4CC3CN3CCOCC3)n(C)c2C)c2ccc(O)cc2)c1C. The lowest BCUT2D eigenvalue weighted by Crippen LogP contribution is -2.52. The highest BCUT2D eigenvalue weighted by Crippen LogP contribution is 2.39. The number of ether oxygens (including phenoxy) is 3. The van der Waals surface area contributed by atoms with Gasteiger partial charge in [-0.3, -0.25) is 14.5 Å². The smallest absolute Gasteiger partial charge is 0.387 e. The zero-order chi connectivity index (χ0) is 40.4. The van der Waals surface area contributed by atoms with Gasteiger partial charge in [-0.2, -0.15) is 8.78 Å². The van der Waals surface area contributed by atoms with Crippen molar-refractivity contribution in [3.05, 3.63) is 129 Å². The zero-order valence-corrected chi connectivity index (χ0v) is 33.1. The lowest BCUT2D eigenvalue weighted by molar-refractivity contribution is -0.0498. The van der Waals surface area contributed by atoms with Crippen molar-refractivity contribution in [2.24, 2.45) is 7.05 Å². The summed E-state index contributed by atoms with van der Waals surface area (Å²) in [6, 6.07) is 24.3. The van der Waals surface area contributed by atoms with Crippen molar-refractivity contribution in [2.45, 2.75) is 46.0 Å². The molecule has 7 rings (SSSR count). The Morgan fingerprint density at radius 2 is 1.67 bits per heavy atom. The highest BCUT2D eigenvalue weighted by Gasteiger charge is 2.35. The molecule has 2 aliphatic rings. The predicted molar refractivity (Wildman–Crippen MR) is 215 cm³/mol. The van der Waals surface area contributed by atoms with Crippen LogP contribution in [0.2, 0.25) is 5.02 Å². The quantitative estimate of drug-likeness (QED) is 0.145. The van der Waals surface area contributed by atoms with Crippen LogP contribution in [0.15, 0.2) is 84.9 Å². The number of amides is 2. The number of nitrogens with zero attached hydrogens (tertiary/aromatic N) is 4. The molecule has 2 amide bonds. The van der Waals surface area contributed by atoms with E-state index >= 15 is 4.79 Å². The molecule has 57 heavy (non-hydrogen) atoms. The van der Waals surface area contributed by atoms with Crippen molar-refractivity contribution in [3.8, 4) is 28.5 Å². The molecule has 0 spiro atoms. The summed E-state index contributed by atoms with van der Waals surface area (Å²) in [5.74, 6) is -0.298. The van der Waals surface area contributed by atoms with E-state index in [4.69, 9.17) is 25.8 Å². The van der Waals surface area contributed by atoms with Crippen molar-refractivity contribution >= 4 is 29.1 Å². The Morgan fingerprint density at radius 1 is 0.947 bits per heavy atom. The van der Waals surface area contributed by atoms with E-state index in [0.717, 1.165) is 35.3 Å². The van der Waals surface area contributed by atoms with Gasteiger partial charge in [-0.05, 0) is 91.1 Å². The molecule has 4 aromatic carbocycles. The molecule has 10 nitrogen and oxygen atoms in total. The first-order valence-corrected chi connectivity index (χ1v) is 19.2. The van der Waals surface area contributed by atoms with Crippen molar-refractivity contribution in [2.75, 3.05) is 44.9 Å². The number of benzene rings is 4. The van der Waals surface area contributed by atoms with E-state index in [1.165, 1.54) is 24.3 Å². The zero-order valence-electron chi connectivity index (χ0n) is 32.3. The molecule has 1 atom stereocenters. The summed E-state index contributed by atoms with van der Waals surface area (Å²) < 4.78 is 45.2. The van der Waals surface area contributed by atoms with Gasteiger partial charge in [0.05, 0.1) is 43.0 Å². The second-order valence-electron chi connectivity index (χ2n) is 14.4. The van der Waals surface area contributed by atoms with E-state index < -0.39 is 6.61 Å². The molecule has 0 aliphatic carbocycles. The topological polar surface area (TPSA) is 96.7 Å². The number of methoxy groups -OCH3 is 1. The van der Waals surface area contributed by atoms with Crippen molar-refractivity contribution in [1.29, 1.82) is 0 Å². The number of hydrogen-bond donors (Lipinski definition) is 1. The Hall–Kier alpha value is -5.43. The van der Waals surface area contributed by atoms with Gasteiger partial charge < -0.3 is 33.7 Å². The summed E-state index contributed by atoms with van der Waals surface area (Å²) in [7, 11) is 3.37. The molecular weight excluding hydrogens is 754 g/mol. The minimum Gasteiger partial charge on any atom is -0.508 e. The van der Waals surface area contributed by atoms with Gasteiger partial charge in [0.15, 0.2) is 0 Å². The van der Waals surface area contributed by atoms with Gasteiger partial charge in [0, 0.05) is 61.9 Å². The predicted octanol–water partition coefficient (Wildman–Crippen LogP) is 8.02. The van der Waals surface area contributed by atoms with Crippen LogP contribution in [0.3, 0.4) is 0 Å². The van der Waals surface area contributed by atoms with E-state index in [-0.39, 0.29) is 46.5 Å². The summed E-state index contributed by atoms with van der Waals surface area (Å²) >= 11 is 6.63. The van der Waals surface area contributed by atoms with Gasteiger partial charge >= 0.3 is 6.61 Å². The van der Waals surface area contributed by atoms with E-state index in [9.17, 15) is 18.7 Å². The van der Waals surface area contributed by atoms with Crippen LogP contribution in [-0.2, 0) is 31.3 Å². The van der Waals surface area contributed by atoms with Crippen LogP contribution in [-0.4, -0.2) is 83.9 Å². The number of alkyl halides is 2. The maximum atomic E-state index is 15.0. The summed E-state index contributed by atoms with van der Waals surface area (Å²) in [6.07, 6.45) is 0.615. The number of carbonyl (C=O) groups is 2. The van der Waals surface area contributed by atoms with Crippen LogP contribution >= 0.6 is 11.6 Å². The van der Waals surface area contributed by atoms with Gasteiger partial charge in [-0.15, -0.1) is 0 Å². The van der Waals surface area contributed by atoms with Crippen LogP contribution in [0.4, 0.5) is 14.5 Å². The first kappa shape index (κ1) is 39.8. The summed E-state index contributed by atoms with van der Waals surface area (Å²) in [5.41, 5.74) is 6.34. The first-order chi connectivity index (χ1) is 27.4. The molecule has 5 aromatic rings. The van der Waals surface area contributed by atoms with Gasteiger partial charge in [0.2, 0.25) is 0 Å². The molecule has 298 valence electrons. The third kappa shape index (κ3) is 8.34. The Morgan fingerprint density at radius 3 is 2.37 bits per heavy atom. The fourth-order valence-corrected chi connectivity index (χ4v) is 8.02. The van der Waals surface area contributed by atoms with Crippen LogP contribution in [0.5, 0.6) is 17.2 Å². The van der Waals surface area contributed by atoms with Crippen molar-refractivity contribution in [1.82, 2.24) is 14.4 Å². The lowest BCUT2D eigenvalue weighted by atomic mass is 9.92. The molecule has 1 N–H and O–H groups in total. The highest BCUT2D eigenvalue weighted by molar-refractivity contribution is 6.32.